The fraction of sp³-hybridized carbons (Fsp3) is 0.692. The Morgan fingerprint density at radius 2 is 2.24 bits per heavy atom. The van der Waals surface area contributed by atoms with Crippen LogP contribution in [-0.4, -0.2) is 16.0 Å². The molecule has 1 aliphatic carbocycles. The number of hydrogen-bond donors (Lipinski definition) is 2. The van der Waals surface area contributed by atoms with E-state index in [4.69, 9.17) is 5.73 Å². The number of nitrogens with two attached hydrogens (primary N) is 1. The number of nitrogens with zero attached hydrogens (tertiary/aromatic N) is 2. The Bertz CT molecular complexity index is 378. The molecular weight excluding hydrogens is 212 g/mol. The van der Waals surface area contributed by atoms with Crippen LogP contribution in [0, 0.1) is 5.92 Å². The number of nitrogen functional groups attached to an aromatic ring is 1. The molecule has 0 amide bonds. The van der Waals surface area contributed by atoms with E-state index in [1.54, 1.807) is 6.33 Å². The summed E-state index contributed by atoms with van der Waals surface area (Å²) in [7, 11) is 0. The van der Waals surface area contributed by atoms with Crippen LogP contribution in [-0.2, 0) is 6.42 Å². The minimum Gasteiger partial charge on any atom is -0.383 e. The summed E-state index contributed by atoms with van der Waals surface area (Å²) in [6.07, 6.45) is 7.54. The van der Waals surface area contributed by atoms with Crippen molar-refractivity contribution in [2.75, 3.05) is 11.1 Å². The lowest BCUT2D eigenvalue weighted by Gasteiger charge is -2.28. The zero-order chi connectivity index (χ0) is 12.3. The van der Waals surface area contributed by atoms with Gasteiger partial charge in [-0.3, -0.25) is 0 Å². The molecule has 2 rings (SSSR count). The van der Waals surface area contributed by atoms with Gasteiger partial charge in [-0.2, -0.15) is 0 Å². The van der Waals surface area contributed by atoms with Crippen LogP contribution in [0.15, 0.2) is 6.33 Å². The van der Waals surface area contributed by atoms with E-state index in [9.17, 15) is 0 Å². The predicted molar refractivity (Wildman–Crippen MR) is 70.9 cm³/mol. The van der Waals surface area contributed by atoms with E-state index in [0.717, 1.165) is 23.7 Å². The van der Waals surface area contributed by atoms with Crippen LogP contribution in [0.5, 0.6) is 0 Å². The van der Waals surface area contributed by atoms with Crippen LogP contribution in [0.3, 0.4) is 0 Å². The van der Waals surface area contributed by atoms with Crippen molar-refractivity contribution in [1.29, 1.82) is 0 Å². The largest absolute Gasteiger partial charge is 0.383 e. The number of anilines is 2. The van der Waals surface area contributed by atoms with Gasteiger partial charge >= 0.3 is 0 Å². The van der Waals surface area contributed by atoms with E-state index in [1.165, 1.54) is 25.7 Å². The van der Waals surface area contributed by atoms with Gasteiger partial charge in [-0.15, -0.1) is 0 Å². The SMILES string of the molecule is CCc1c(N)ncnc1NC1CCCC(C)C1. The molecule has 1 aliphatic rings. The molecule has 0 spiro atoms. The normalized spacial score (nSPS) is 24.6. The average Bonchev–Trinajstić information content (AvgIpc) is 2.29. The van der Waals surface area contributed by atoms with E-state index < -0.39 is 0 Å². The van der Waals surface area contributed by atoms with Gasteiger partial charge < -0.3 is 11.1 Å². The van der Waals surface area contributed by atoms with E-state index >= 15 is 0 Å². The minimum absolute atomic E-state index is 0.540. The molecule has 3 N–H and O–H groups in total. The number of nitrogens with one attached hydrogen (secondary N) is 1. The van der Waals surface area contributed by atoms with Crippen LogP contribution in [0.25, 0.3) is 0 Å². The summed E-state index contributed by atoms with van der Waals surface area (Å²) in [6.45, 7) is 4.41. The molecule has 2 unspecified atom stereocenters. The first-order valence-corrected chi connectivity index (χ1v) is 6.56. The highest BCUT2D eigenvalue weighted by Gasteiger charge is 2.20. The van der Waals surface area contributed by atoms with Gasteiger partial charge in [0.2, 0.25) is 0 Å². The fourth-order valence-corrected chi connectivity index (χ4v) is 2.66. The van der Waals surface area contributed by atoms with Gasteiger partial charge in [-0.05, 0) is 25.2 Å². The minimum atomic E-state index is 0.540. The van der Waals surface area contributed by atoms with Crippen molar-refractivity contribution >= 4 is 11.6 Å². The maximum Gasteiger partial charge on any atom is 0.134 e. The van der Waals surface area contributed by atoms with Crippen molar-refractivity contribution in [2.24, 2.45) is 5.92 Å². The Balaban J connectivity index is 2.10. The van der Waals surface area contributed by atoms with Crippen LogP contribution in [0.2, 0.25) is 0 Å². The quantitative estimate of drug-likeness (QED) is 0.843. The van der Waals surface area contributed by atoms with Gasteiger partial charge in [0, 0.05) is 11.6 Å². The van der Waals surface area contributed by atoms with Crippen molar-refractivity contribution in [3.63, 3.8) is 0 Å². The number of rotatable bonds is 3. The molecule has 17 heavy (non-hydrogen) atoms. The lowest BCUT2D eigenvalue weighted by atomic mass is 9.87. The van der Waals surface area contributed by atoms with Crippen LogP contribution in [0.4, 0.5) is 11.6 Å². The second-order valence-corrected chi connectivity index (χ2v) is 5.05. The predicted octanol–water partition coefficient (Wildman–Crippen LogP) is 2.61. The standard InChI is InChI=1S/C13H22N4/c1-3-11-12(14)15-8-16-13(11)17-10-6-4-5-9(2)7-10/h8-10H,3-7H2,1-2H3,(H3,14,15,16,17). The molecule has 94 valence electrons. The summed E-state index contributed by atoms with van der Waals surface area (Å²) in [6, 6.07) is 0.540. The Kier molecular flexibility index (Phi) is 3.82. The molecule has 1 heterocycles. The van der Waals surface area contributed by atoms with Crippen molar-refractivity contribution < 1.29 is 0 Å². The Hall–Kier alpha value is -1.32. The molecule has 0 aliphatic heterocycles. The van der Waals surface area contributed by atoms with Gasteiger partial charge in [0.15, 0.2) is 0 Å². The third kappa shape index (κ3) is 2.87. The zero-order valence-corrected chi connectivity index (χ0v) is 10.7. The van der Waals surface area contributed by atoms with Gasteiger partial charge in [0.1, 0.15) is 18.0 Å². The summed E-state index contributed by atoms with van der Waals surface area (Å²) in [5, 5.41) is 3.54. The van der Waals surface area contributed by atoms with E-state index in [2.05, 4.69) is 29.1 Å². The maximum atomic E-state index is 5.87. The topological polar surface area (TPSA) is 63.8 Å². The molecular formula is C13H22N4. The first-order chi connectivity index (χ1) is 8.20. The molecule has 1 fully saturated rings. The van der Waals surface area contributed by atoms with Crippen LogP contribution >= 0.6 is 0 Å². The lowest BCUT2D eigenvalue weighted by molar-refractivity contribution is 0.358. The summed E-state index contributed by atoms with van der Waals surface area (Å²) >= 11 is 0. The van der Waals surface area contributed by atoms with Crippen molar-refractivity contribution in [1.82, 2.24) is 9.97 Å². The first kappa shape index (κ1) is 12.1. The second kappa shape index (κ2) is 5.34. The summed E-state index contributed by atoms with van der Waals surface area (Å²) in [5.74, 6) is 2.35. The highest BCUT2D eigenvalue weighted by molar-refractivity contribution is 5.55. The van der Waals surface area contributed by atoms with Crippen LogP contribution in [0.1, 0.15) is 45.1 Å². The van der Waals surface area contributed by atoms with Gasteiger partial charge in [0.05, 0.1) is 0 Å². The van der Waals surface area contributed by atoms with Gasteiger partial charge in [-0.25, -0.2) is 9.97 Å². The molecule has 4 nitrogen and oxygen atoms in total. The third-order valence-electron chi connectivity index (χ3n) is 3.61. The number of hydrogen-bond acceptors (Lipinski definition) is 4. The third-order valence-corrected chi connectivity index (χ3v) is 3.61. The Morgan fingerprint density at radius 3 is 2.94 bits per heavy atom. The molecule has 1 aromatic rings. The summed E-state index contributed by atoms with van der Waals surface area (Å²) in [5.41, 5.74) is 6.92. The molecule has 1 saturated carbocycles. The Morgan fingerprint density at radius 1 is 1.41 bits per heavy atom. The van der Waals surface area contributed by atoms with E-state index in [1.807, 2.05) is 0 Å². The van der Waals surface area contributed by atoms with E-state index in [0.29, 0.717) is 11.9 Å². The highest BCUT2D eigenvalue weighted by Crippen LogP contribution is 2.27. The smallest absolute Gasteiger partial charge is 0.134 e. The highest BCUT2D eigenvalue weighted by atomic mass is 15.1. The zero-order valence-electron chi connectivity index (χ0n) is 10.7. The Labute approximate surface area is 103 Å². The molecule has 0 radical (unpaired) electrons. The fourth-order valence-electron chi connectivity index (χ4n) is 2.66. The first-order valence-electron chi connectivity index (χ1n) is 6.56. The van der Waals surface area contributed by atoms with Crippen molar-refractivity contribution in [3.8, 4) is 0 Å². The van der Waals surface area contributed by atoms with Gasteiger partial charge in [0.25, 0.3) is 0 Å². The molecule has 0 saturated heterocycles. The molecule has 1 aromatic heterocycles. The van der Waals surface area contributed by atoms with Gasteiger partial charge in [-0.1, -0.05) is 26.7 Å². The van der Waals surface area contributed by atoms with Crippen molar-refractivity contribution in [3.05, 3.63) is 11.9 Å². The average molecular weight is 234 g/mol. The summed E-state index contributed by atoms with van der Waals surface area (Å²) in [4.78, 5) is 8.37. The number of aromatic nitrogens is 2. The lowest BCUT2D eigenvalue weighted by Crippen LogP contribution is -2.27. The summed E-state index contributed by atoms with van der Waals surface area (Å²) < 4.78 is 0. The molecule has 0 aromatic carbocycles. The molecule has 0 bridgehead atoms. The second-order valence-electron chi connectivity index (χ2n) is 5.05. The maximum absolute atomic E-state index is 5.87. The van der Waals surface area contributed by atoms with Crippen molar-refractivity contribution in [2.45, 2.75) is 52.0 Å². The van der Waals surface area contributed by atoms with E-state index in [-0.39, 0.29) is 0 Å². The molecule has 2 atom stereocenters. The molecule has 4 heteroatoms. The monoisotopic (exact) mass is 234 g/mol. The van der Waals surface area contributed by atoms with Crippen LogP contribution < -0.4 is 11.1 Å².